The number of halogens is 1. The lowest BCUT2D eigenvalue weighted by molar-refractivity contribution is 0.384. The van der Waals surface area contributed by atoms with Gasteiger partial charge in [0.15, 0.2) is 0 Å². The molecule has 0 bridgehead atoms. The Balaban J connectivity index is 3.02. The minimum Gasteiger partial charge on any atom is -0.495 e. The number of hydrogen-bond acceptors (Lipinski definition) is 3. The SMILES string of the molecule is COc1cnc(OC)c(CBr)c1. The van der Waals surface area contributed by atoms with Crippen LogP contribution in [0, 0.1) is 0 Å². The Bertz CT molecular complexity index is 265. The van der Waals surface area contributed by atoms with Gasteiger partial charge in [0.1, 0.15) is 5.75 Å². The average Bonchev–Trinajstić information content (AvgIpc) is 2.16. The van der Waals surface area contributed by atoms with Crippen molar-refractivity contribution >= 4 is 15.9 Å². The van der Waals surface area contributed by atoms with Gasteiger partial charge in [0, 0.05) is 10.9 Å². The van der Waals surface area contributed by atoms with E-state index < -0.39 is 0 Å². The molecule has 0 atom stereocenters. The highest BCUT2D eigenvalue weighted by atomic mass is 79.9. The Morgan fingerprint density at radius 1 is 1.42 bits per heavy atom. The van der Waals surface area contributed by atoms with Crippen LogP contribution in [0.25, 0.3) is 0 Å². The number of rotatable bonds is 3. The van der Waals surface area contributed by atoms with Crippen LogP contribution in [0.1, 0.15) is 5.56 Å². The summed E-state index contributed by atoms with van der Waals surface area (Å²) in [6.45, 7) is 0. The Hall–Kier alpha value is -0.770. The highest BCUT2D eigenvalue weighted by molar-refractivity contribution is 9.08. The molecule has 0 N–H and O–H groups in total. The van der Waals surface area contributed by atoms with Gasteiger partial charge in [0.05, 0.1) is 20.4 Å². The summed E-state index contributed by atoms with van der Waals surface area (Å²) in [5.74, 6) is 1.37. The molecule has 0 aliphatic rings. The molecular formula is C8H10BrNO2. The van der Waals surface area contributed by atoms with Gasteiger partial charge in [-0.05, 0) is 6.07 Å². The molecule has 0 saturated carbocycles. The van der Waals surface area contributed by atoms with Crippen molar-refractivity contribution in [1.82, 2.24) is 4.98 Å². The molecule has 1 aromatic heterocycles. The highest BCUT2D eigenvalue weighted by Gasteiger charge is 2.03. The fourth-order valence-electron chi connectivity index (χ4n) is 0.867. The molecular weight excluding hydrogens is 222 g/mol. The topological polar surface area (TPSA) is 31.4 Å². The van der Waals surface area contributed by atoms with Crippen molar-refractivity contribution in [3.63, 3.8) is 0 Å². The van der Waals surface area contributed by atoms with Crippen LogP contribution in [0.15, 0.2) is 12.3 Å². The van der Waals surface area contributed by atoms with Crippen molar-refractivity contribution in [2.45, 2.75) is 5.33 Å². The van der Waals surface area contributed by atoms with E-state index in [0.717, 1.165) is 11.3 Å². The molecule has 0 aromatic carbocycles. The lowest BCUT2D eigenvalue weighted by atomic mass is 10.3. The van der Waals surface area contributed by atoms with Crippen molar-refractivity contribution < 1.29 is 9.47 Å². The molecule has 1 rings (SSSR count). The number of hydrogen-bond donors (Lipinski definition) is 0. The first kappa shape index (κ1) is 9.32. The van der Waals surface area contributed by atoms with Crippen molar-refractivity contribution in [3.8, 4) is 11.6 Å². The second kappa shape index (κ2) is 4.30. The van der Waals surface area contributed by atoms with Gasteiger partial charge in [0.2, 0.25) is 5.88 Å². The zero-order chi connectivity index (χ0) is 8.97. The summed E-state index contributed by atoms with van der Waals surface area (Å²) in [6, 6.07) is 1.89. The van der Waals surface area contributed by atoms with Crippen molar-refractivity contribution in [2.75, 3.05) is 14.2 Å². The summed E-state index contributed by atoms with van der Waals surface area (Å²) in [5.41, 5.74) is 0.983. The number of aromatic nitrogens is 1. The molecule has 1 aromatic rings. The van der Waals surface area contributed by atoms with Crippen LogP contribution in [0.2, 0.25) is 0 Å². The lowest BCUT2D eigenvalue weighted by Crippen LogP contribution is -1.94. The first-order chi connectivity index (χ1) is 5.81. The van der Waals surface area contributed by atoms with Crippen LogP contribution < -0.4 is 9.47 Å². The number of pyridine rings is 1. The molecule has 0 fully saturated rings. The van der Waals surface area contributed by atoms with Crippen LogP contribution in [-0.2, 0) is 5.33 Å². The molecule has 0 spiro atoms. The Morgan fingerprint density at radius 2 is 2.17 bits per heavy atom. The third kappa shape index (κ3) is 1.88. The molecule has 1 heterocycles. The lowest BCUT2D eigenvalue weighted by Gasteiger charge is -2.05. The summed E-state index contributed by atoms with van der Waals surface area (Å²) in [4.78, 5) is 4.06. The van der Waals surface area contributed by atoms with Gasteiger partial charge < -0.3 is 9.47 Å². The zero-order valence-electron chi connectivity index (χ0n) is 7.00. The second-order valence-electron chi connectivity index (χ2n) is 2.18. The van der Waals surface area contributed by atoms with Gasteiger partial charge in [-0.25, -0.2) is 4.98 Å². The maximum atomic E-state index is 5.04. The van der Waals surface area contributed by atoms with E-state index in [-0.39, 0.29) is 0 Å². The molecule has 66 valence electrons. The molecule has 0 amide bonds. The Kier molecular flexibility index (Phi) is 3.34. The summed E-state index contributed by atoms with van der Waals surface area (Å²) in [5, 5.41) is 0.709. The summed E-state index contributed by atoms with van der Waals surface area (Å²) in [7, 11) is 3.21. The summed E-state index contributed by atoms with van der Waals surface area (Å²) >= 11 is 3.34. The zero-order valence-corrected chi connectivity index (χ0v) is 8.59. The monoisotopic (exact) mass is 231 g/mol. The Labute approximate surface area is 79.8 Å². The van der Waals surface area contributed by atoms with Crippen LogP contribution >= 0.6 is 15.9 Å². The third-order valence-electron chi connectivity index (χ3n) is 1.47. The van der Waals surface area contributed by atoms with Gasteiger partial charge in [-0.15, -0.1) is 0 Å². The Morgan fingerprint density at radius 3 is 2.67 bits per heavy atom. The van der Waals surface area contributed by atoms with Crippen LogP contribution in [0.5, 0.6) is 11.6 Å². The number of alkyl halides is 1. The van der Waals surface area contributed by atoms with Crippen LogP contribution in [0.3, 0.4) is 0 Å². The minimum absolute atomic E-state index is 0.632. The second-order valence-corrected chi connectivity index (χ2v) is 2.74. The average molecular weight is 232 g/mol. The molecule has 0 radical (unpaired) electrons. The maximum Gasteiger partial charge on any atom is 0.217 e. The van der Waals surface area contributed by atoms with Gasteiger partial charge in [-0.1, -0.05) is 15.9 Å². The van der Waals surface area contributed by atoms with Gasteiger partial charge in [-0.3, -0.25) is 0 Å². The van der Waals surface area contributed by atoms with Crippen LogP contribution in [0.4, 0.5) is 0 Å². The smallest absolute Gasteiger partial charge is 0.217 e. The van der Waals surface area contributed by atoms with E-state index in [4.69, 9.17) is 9.47 Å². The van der Waals surface area contributed by atoms with E-state index in [1.54, 1.807) is 20.4 Å². The maximum absolute atomic E-state index is 5.04. The molecule has 12 heavy (non-hydrogen) atoms. The highest BCUT2D eigenvalue weighted by Crippen LogP contribution is 2.22. The third-order valence-corrected chi connectivity index (χ3v) is 2.08. The minimum atomic E-state index is 0.632. The molecule has 3 nitrogen and oxygen atoms in total. The van der Waals surface area contributed by atoms with E-state index in [1.807, 2.05) is 6.07 Å². The first-order valence-corrected chi connectivity index (χ1v) is 4.56. The number of methoxy groups -OCH3 is 2. The molecule has 0 unspecified atom stereocenters. The van der Waals surface area contributed by atoms with E-state index in [1.165, 1.54) is 0 Å². The molecule has 0 aliphatic carbocycles. The van der Waals surface area contributed by atoms with E-state index in [9.17, 15) is 0 Å². The largest absolute Gasteiger partial charge is 0.495 e. The molecule has 4 heteroatoms. The van der Waals surface area contributed by atoms with Gasteiger partial charge in [0.25, 0.3) is 0 Å². The predicted molar refractivity (Wildman–Crippen MR) is 50.0 cm³/mol. The molecule has 0 saturated heterocycles. The first-order valence-electron chi connectivity index (χ1n) is 3.44. The van der Waals surface area contributed by atoms with Gasteiger partial charge >= 0.3 is 0 Å². The van der Waals surface area contributed by atoms with E-state index >= 15 is 0 Å². The summed E-state index contributed by atoms with van der Waals surface area (Å²) in [6.07, 6.45) is 1.63. The standard InChI is InChI=1S/C8H10BrNO2/c1-11-7-3-6(4-9)8(12-2)10-5-7/h3,5H,4H2,1-2H3. The van der Waals surface area contributed by atoms with Crippen molar-refractivity contribution in [1.29, 1.82) is 0 Å². The fraction of sp³-hybridized carbons (Fsp3) is 0.375. The van der Waals surface area contributed by atoms with E-state index in [2.05, 4.69) is 20.9 Å². The van der Waals surface area contributed by atoms with Crippen molar-refractivity contribution in [2.24, 2.45) is 0 Å². The predicted octanol–water partition coefficient (Wildman–Crippen LogP) is 1.99. The fourth-order valence-corrected chi connectivity index (χ4v) is 1.27. The van der Waals surface area contributed by atoms with E-state index in [0.29, 0.717) is 11.2 Å². The normalized spacial score (nSPS) is 9.58. The van der Waals surface area contributed by atoms with Crippen molar-refractivity contribution in [3.05, 3.63) is 17.8 Å². The quantitative estimate of drug-likeness (QED) is 0.747. The number of nitrogens with zero attached hydrogens (tertiary/aromatic N) is 1. The van der Waals surface area contributed by atoms with Gasteiger partial charge in [-0.2, -0.15) is 0 Å². The molecule has 0 aliphatic heterocycles. The summed E-state index contributed by atoms with van der Waals surface area (Å²) < 4.78 is 10.1. The number of ether oxygens (including phenoxy) is 2. The van der Waals surface area contributed by atoms with Crippen LogP contribution in [-0.4, -0.2) is 19.2 Å².